The van der Waals surface area contributed by atoms with Crippen molar-refractivity contribution in [3.63, 3.8) is 0 Å². The summed E-state index contributed by atoms with van der Waals surface area (Å²) >= 11 is 6.29. The van der Waals surface area contributed by atoms with Crippen molar-refractivity contribution in [1.82, 2.24) is 0 Å². The number of methoxy groups -OCH3 is 1. The van der Waals surface area contributed by atoms with Gasteiger partial charge in [0.1, 0.15) is 35.9 Å². The van der Waals surface area contributed by atoms with Gasteiger partial charge in [-0.25, -0.2) is 0 Å². The van der Waals surface area contributed by atoms with E-state index in [1.807, 2.05) is 24.3 Å². The molecule has 27 heavy (non-hydrogen) atoms. The Hall–Kier alpha value is -1.87. The Kier molecular flexibility index (Phi) is 6.21. The quantitative estimate of drug-likeness (QED) is 0.601. The molecule has 4 N–H and O–H groups in total. The van der Waals surface area contributed by atoms with Crippen molar-refractivity contribution >= 4 is 11.6 Å². The van der Waals surface area contributed by atoms with Gasteiger partial charge >= 0.3 is 0 Å². The van der Waals surface area contributed by atoms with Gasteiger partial charge in [-0.2, -0.15) is 0 Å². The maximum Gasteiger partial charge on any atom is 0.229 e. The number of aliphatic hydroxyl groups excluding tert-OH is 4. The first-order valence-electron chi connectivity index (χ1n) is 8.35. The van der Waals surface area contributed by atoms with Crippen LogP contribution in [0.2, 0.25) is 5.02 Å². The summed E-state index contributed by atoms with van der Waals surface area (Å²) in [5, 5.41) is 39.2. The first-order chi connectivity index (χ1) is 12.9. The van der Waals surface area contributed by atoms with Crippen LogP contribution in [-0.4, -0.2) is 64.8 Å². The van der Waals surface area contributed by atoms with Gasteiger partial charge in [-0.1, -0.05) is 29.8 Å². The molecule has 8 heteroatoms. The Bertz CT molecular complexity index is 765. The summed E-state index contributed by atoms with van der Waals surface area (Å²) < 4.78 is 16.0. The monoisotopic (exact) mass is 396 g/mol. The molecule has 0 unspecified atom stereocenters. The lowest BCUT2D eigenvalue weighted by Gasteiger charge is -2.39. The summed E-state index contributed by atoms with van der Waals surface area (Å²) in [4.78, 5) is 0. The van der Waals surface area contributed by atoms with Crippen LogP contribution >= 0.6 is 11.6 Å². The number of aliphatic hydroxyl groups is 4. The summed E-state index contributed by atoms with van der Waals surface area (Å²) in [5.74, 6) is 0.977. The minimum Gasteiger partial charge on any atom is -0.497 e. The predicted octanol–water partition coefficient (Wildman–Crippen LogP) is 1.19. The standard InChI is InChI=1S/C19H21ClO7/c1-25-12-5-2-10(3-6-12)11-4-7-14(13(20)8-11)26-19-18(24)17(23)16(22)15(9-21)27-19/h2-8,15-19,21-24H,9H2,1H3/t15-,16-,17+,18+,19+/m1/s1. The zero-order valence-electron chi connectivity index (χ0n) is 14.5. The van der Waals surface area contributed by atoms with Crippen LogP contribution in [0.4, 0.5) is 0 Å². The third-order valence-corrected chi connectivity index (χ3v) is 4.74. The normalized spacial score (nSPS) is 28.0. The smallest absolute Gasteiger partial charge is 0.229 e. The van der Waals surface area contributed by atoms with Crippen LogP contribution < -0.4 is 9.47 Å². The molecule has 0 bridgehead atoms. The zero-order valence-corrected chi connectivity index (χ0v) is 15.3. The molecule has 3 rings (SSSR count). The highest BCUT2D eigenvalue weighted by Crippen LogP contribution is 2.33. The number of benzene rings is 2. The molecule has 0 aliphatic carbocycles. The molecular formula is C19H21ClO7. The molecule has 1 aliphatic rings. The molecule has 2 aromatic carbocycles. The molecule has 0 radical (unpaired) electrons. The number of halogens is 1. The van der Waals surface area contributed by atoms with E-state index in [0.29, 0.717) is 0 Å². The summed E-state index contributed by atoms with van der Waals surface area (Å²) in [6, 6.07) is 12.5. The van der Waals surface area contributed by atoms with Crippen molar-refractivity contribution < 1.29 is 34.6 Å². The van der Waals surface area contributed by atoms with Crippen LogP contribution in [-0.2, 0) is 4.74 Å². The fraction of sp³-hybridized carbons (Fsp3) is 0.368. The lowest BCUT2D eigenvalue weighted by Crippen LogP contribution is -2.60. The van der Waals surface area contributed by atoms with Gasteiger partial charge in [0.25, 0.3) is 0 Å². The minimum absolute atomic E-state index is 0.234. The molecule has 1 heterocycles. The Balaban J connectivity index is 1.77. The lowest BCUT2D eigenvalue weighted by molar-refractivity contribution is -0.277. The predicted molar refractivity (Wildman–Crippen MR) is 97.8 cm³/mol. The third kappa shape index (κ3) is 4.19. The topological polar surface area (TPSA) is 109 Å². The SMILES string of the molecule is COc1ccc(-c2ccc(O[C@H]3O[C@H](CO)[C@@H](O)[C@H](O)[C@@H]3O)c(Cl)c2)cc1. The fourth-order valence-electron chi connectivity index (χ4n) is 2.85. The van der Waals surface area contributed by atoms with E-state index < -0.39 is 37.3 Å². The van der Waals surface area contributed by atoms with E-state index in [4.69, 9.17) is 25.8 Å². The van der Waals surface area contributed by atoms with Crippen molar-refractivity contribution in [1.29, 1.82) is 0 Å². The van der Waals surface area contributed by atoms with E-state index in [1.54, 1.807) is 25.3 Å². The molecular weight excluding hydrogens is 376 g/mol. The van der Waals surface area contributed by atoms with E-state index in [2.05, 4.69) is 0 Å². The summed E-state index contributed by atoms with van der Waals surface area (Å²) in [5.41, 5.74) is 1.78. The van der Waals surface area contributed by atoms with Gasteiger partial charge in [-0.15, -0.1) is 0 Å². The van der Waals surface area contributed by atoms with Gasteiger partial charge in [0.2, 0.25) is 6.29 Å². The highest BCUT2D eigenvalue weighted by atomic mass is 35.5. The number of hydrogen-bond acceptors (Lipinski definition) is 7. The van der Waals surface area contributed by atoms with Crippen LogP contribution in [0, 0.1) is 0 Å². The van der Waals surface area contributed by atoms with E-state index in [1.165, 1.54) is 0 Å². The lowest BCUT2D eigenvalue weighted by atomic mass is 9.99. The number of rotatable bonds is 5. The third-order valence-electron chi connectivity index (χ3n) is 4.45. The van der Waals surface area contributed by atoms with Gasteiger partial charge in [0, 0.05) is 0 Å². The van der Waals surface area contributed by atoms with Crippen LogP contribution in [0.25, 0.3) is 11.1 Å². The summed E-state index contributed by atoms with van der Waals surface area (Å²) in [6.45, 7) is -0.533. The molecule has 5 atom stereocenters. The second-order valence-electron chi connectivity index (χ2n) is 6.19. The molecule has 0 saturated carbocycles. The minimum atomic E-state index is -1.52. The second kappa shape index (κ2) is 8.43. The van der Waals surface area contributed by atoms with Crippen molar-refractivity contribution in [2.24, 2.45) is 0 Å². The fourth-order valence-corrected chi connectivity index (χ4v) is 3.07. The largest absolute Gasteiger partial charge is 0.497 e. The second-order valence-corrected chi connectivity index (χ2v) is 6.60. The van der Waals surface area contributed by atoms with Crippen molar-refractivity contribution in [3.8, 4) is 22.6 Å². The van der Waals surface area contributed by atoms with Crippen LogP contribution in [0.3, 0.4) is 0 Å². The highest BCUT2D eigenvalue weighted by Gasteiger charge is 2.44. The molecule has 1 saturated heterocycles. The van der Waals surface area contributed by atoms with Crippen molar-refractivity contribution in [2.75, 3.05) is 13.7 Å². The molecule has 0 spiro atoms. The van der Waals surface area contributed by atoms with Crippen molar-refractivity contribution in [3.05, 3.63) is 47.5 Å². The van der Waals surface area contributed by atoms with Gasteiger partial charge in [0.15, 0.2) is 0 Å². The van der Waals surface area contributed by atoms with Crippen LogP contribution in [0.15, 0.2) is 42.5 Å². The summed E-state index contributed by atoms with van der Waals surface area (Å²) in [6.07, 6.45) is -6.80. The molecule has 2 aromatic rings. The Morgan fingerprint density at radius 3 is 2.22 bits per heavy atom. The molecule has 0 amide bonds. The van der Waals surface area contributed by atoms with Gasteiger partial charge in [0.05, 0.1) is 18.7 Å². The Morgan fingerprint density at radius 2 is 1.63 bits per heavy atom. The van der Waals surface area contributed by atoms with E-state index in [-0.39, 0.29) is 10.8 Å². The van der Waals surface area contributed by atoms with Crippen LogP contribution in [0.5, 0.6) is 11.5 Å². The number of hydrogen-bond donors (Lipinski definition) is 4. The van der Waals surface area contributed by atoms with Gasteiger partial charge in [-0.3, -0.25) is 0 Å². The Morgan fingerprint density at radius 1 is 0.963 bits per heavy atom. The Labute approximate surface area is 161 Å². The van der Waals surface area contributed by atoms with E-state index >= 15 is 0 Å². The molecule has 1 fully saturated rings. The number of ether oxygens (including phenoxy) is 3. The summed E-state index contributed by atoms with van der Waals surface area (Å²) in [7, 11) is 1.59. The first-order valence-corrected chi connectivity index (χ1v) is 8.73. The van der Waals surface area contributed by atoms with Crippen LogP contribution in [0.1, 0.15) is 0 Å². The van der Waals surface area contributed by atoms with Gasteiger partial charge in [-0.05, 0) is 35.4 Å². The van der Waals surface area contributed by atoms with Gasteiger partial charge < -0.3 is 34.6 Å². The zero-order chi connectivity index (χ0) is 19.6. The molecule has 7 nitrogen and oxygen atoms in total. The maximum atomic E-state index is 10.1. The molecule has 146 valence electrons. The van der Waals surface area contributed by atoms with E-state index in [0.717, 1.165) is 16.9 Å². The first kappa shape index (κ1) is 19.9. The van der Waals surface area contributed by atoms with E-state index in [9.17, 15) is 20.4 Å². The average Bonchev–Trinajstić information content (AvgIpc) is 2.69. The van der Waals surface area contributed by atoms with Crippen molar-refractivity contribution in [2.45, 2.75) is 30.7 Å². The molecule has 1 aliphatic heterocycles. The molecule has 0 aromatic heterocycles. The average molecular weight is 397 g/mol. The highest BCUT2D eigenvalue weighted by molar-refractivity contribution is 6.32. The maximum absolute atomic E-state index is 10.1.